The van der Waals surface area contributed by atoms with Gasteiger partial charge in [0.05, 0.1) is 0 Å². The van der Waals surface area contributed by atoms with E-state index in [1.54, 1.807) is 0 Å². The third kappa shape index (κ3) is 2.74. The zero-order chi connectivity index (χ0) is 14.3. The number of benzene rings is 1. The van der Waals surface area contributed by atoms with Crippen LogP contribution >= 0.6 is 12.2 Å². The molecule has 1 aromatic rings. The summed E-state index contributed by atoms with van der Waals surface area (Å²) in [5.74, 6) is 0. The van der Waals surface area contributed by atoms with Gasteiger partial charge in [-0.2, -0.15) is 0 Å². The molecule has 0 spiro atoms. The molecule has 1 aliphatic rings. The Morgan fingerprint density at radius 1 is 1.21 bits per heavy atom. The number of aliphatic hydroxyl groups is 1. The maximum atomic E-state index is 10.7. The second-order valence-corrected chi connectivity index (χ2v) is 6.48. The van der Waals surface area contributed by atoms with E-state index in [9.17, 15) is 5.11 Å². The molecule has 1 saturated heterocycles. The van der Waals surface area contributed by atoms with Gasteiger partial charge in [0.1, 0.15) is 5.72 Å². The first-order chi connectivity index (χ1) is 8.74. The van der Waals surface area contributed by atoms with Crippen LogP contribution in [0.15, 0.2) is 30.3 Å². The second-order valence-electron chi connectivity index (χ2n) is 6.12. The lowest BCUT2D eigenvalue weighted by atomic mass is 9.88. The molecule has 0 radical (unpaired) electrons. The standard InChI is InChI=1S/C15H22N2OS/c1-14(2)11-15(3,18)17(13(19)16(14)4)10-12-8-6-5-7-9-12/h5-9,18H,10-11H2,1-4H3. The van der Waals surface area contributed by atoms with Crippen LogP contribution in [0.3, 0.4) is 0 Å². The fourth-order valence-corrected chi connectivity index (χ4v) is 3.19. The number of thiocarbonyl (C=S) groups is 1. The van der Waals surface area contributed by atoms with Crippen LogP contribution in [0.25, 0.3) is 0 Å². The van der Waals surface area contributed by atoms with Gasteiger partial charge in [-0.1, -0.05) is 30.3 Å². The van der Waals surface area contributed by atoms with Crippen LogP contribution < -0.4 is 0 Å². The smallest absolute Gasteiger partial charge is 0.174 e. The lowest BCUT2D eigenvalue weighted by Gasteiger charge is -2.54. The van der Waals surface area contributed by atoms with Gasteiger partial charge in [-0.3, -0.25) is 0 Å². The first-order valence-electron chi connectivity index (χ1n) is 6.56. The molecular formula is C15H22N2OS. The Kier molecular flexibility index (Phi) is 3.58. The lowest BCUT2D eigenvalue weighted by Crippen LogP contribution is -2.66. The maximum absolute atomic E-state index is 10.7. The van der Waals surface area contributed by atoms with Crippen LogP contribution in [-0.4, -0.2) is 38.3 Å². The molecule has 0 bridgehead atoms. The normalized spacial score (nSPS) is 26.7. The second kappa shape index (κ2) is 4.76. The summed E-state index contributed by atoms with van der Waals surface area (Å²) in [6.45, 7) is 6.69. The molecule has 1 unspecified atom stereocenters. The number of nitrogens with zero attached hydrogens (tertiary/aromatic N) is 2. The Hall–Kier alpha value is -1.13. The van der Waals surface area contributed by atoms with Gasteiger partial charge < -0.3 is 14.9 Å². The van der Waals surface area contributed by atoms with Crippen molar-refractivity contribution in [1.82, 2.24) is 9.80 Å². The van der Waals surface area contributed by atoms with E-state index >= 15 is 0 Å². The predicted octanol–water partition coefficient (Wildman–Crippen LogP) is 2.60. The molecule has 104 valence electrons. The Morgan fingerprint density at radius 3 is 2.37 bits per heavy atom. The molecule has 0 aromatic heterocycles. The highest BCUT2D eigenvalue weighted by molar-refractivity contribution is 7.80. The highest BCUT2D eigenvalue weighted by Crippen LogP contribution is 2.35. The zero-order valence-electron chi connectivity index (χ0n) is 12.1. The van der Waals surface area contributed by atoms with Crippen LogP contribution in [0.5, 0.6) is 0 Å². The average Bonchev–Trinajstić information content (AvgIpc) is 2.32. The molecule has 19 heavy (non-hydrogen) atoms. The SMILES string of the molecule is CN1C(=S)N(Cc2ccccc2)C(C)(O)CC1(C)C. The summed E-state index contributed by atoms with van der Waals surface area (Å²) in [5, 5.41) is 11.4. The quantitative estimate of drug-likeness (QED) is 0.841. The van der Waals surface area contributed by atoms with Gasteiger partial charge in [0, 0.05) is 25.6 Å². The Balaban J connectivity index is 2.27. The predicted molar refractivity (Wildman–Crippen MR) is 81.7 cm³/mol. The molecule has 0 aliphatic carbocycles. The van der Waals surface area contributed by atoms with E-state index in [4.69, 9.17) is 12.2 Å². The van der Waals surface area contributed by atoms with Gasteiger partial charge >= 0.3 is 0 Å². The van der Waals surface area contributed by atoms with Gasteiger partial charge in [-0.05, 0) is 38.6 Å². The fourth-order valence-electron chi connectivity index (χ4n) is 2.68. The van der Waals surface area contributed by atoms with Gasteiger partial charge in [0.15, 0.2) is 5.11 Å². The van der Waals surface area contributed by atoms with E-state index in [2.05, 4.69) is 30.9 Å². The monoisotopic (exact) mass is 278 g/mol. The molecule has 2 rings (SSSR count). The number of hydrogen-bond acceptors (Lipinski definition) is 2. The van der Waals surface area contributed by atoms with Crippen LogP contribution in [0.2, 0.25) is 0 Å². The summed E-state index contributed by atoms with van der Waals surface area (Å²) in [6.07, 6.45) is 0.656. The molecule has 1 atom stereocenters. The Bertz CT molecular complexity index is 470. The van der Waals surface area contributed by atoms with Crippen molar-refractivity contribution in [3.63, 3.8) is 0 Å². The molecule has 4 heteroatoms. The van der Waals surface area contributed by atoms with Gasteiger partial charge in [0.25, 0.3) is 0 Å². The molecule has 3 nitrogen and oxygen atoms in total. The van der Waals surface area contributed by atoms with E-state index in [-0.39, 0.29) is 5.54 Å². The van der Waals surface area contributed by atoms with Crippen LogP contribution in [0.4, 0.5) is 0 Å². The summed E-state index contributed by atoms with van der Waals surface area (Å²) >= 11 is 5.54. The van der Waals surface area contributed by atoms with Gasteiger partial charge in [-0.25, -0.2) is 0 Å². The van der Waals surface area contributed by atoms with E-state index in [1.165, 1.54) is 0 Å². The highest BCUT2D eigenvalue weighted by Gasteiger charge is 2.46. The van der Waals surface area contributed by atoms with Crippen molar-refractivity contribution in [2.45, 2.75) is 45.0 Å². The Morgan fingerprint density at radius 2 is 1.79 bits per heavy atom. The van der Waals surface area contributed by atoms with Crippen LogP contribution in [0, 0.1) is 0 Å². The van der Waals surface area contributed by atoms with Crippen molar-refractivity contribution < 1.29 is 5.11 Å². The van der Waals surface area contributed by atoms with E-state index in [0.29, 0.717) is 18.1 Å². The molecule has 1 heterocycles. The highest BCUT2D eigenvalue weighted by atomic mass is 32.1. The molecule has 1 aliphatic heterocycles. The van der Waals surface area contributed by atoms with Crippen molar-refractivity contribution >= 4 is 17.3 Å². The van der Waals surface area contributed by atoms with Crippen molar-refractivity contribution in [3.8, 4) is 0 Å². The van der Waals surface area contributed by atoms with Crippen molar-refractivity contribution in [1.29, 1.82) is 0 Å². The molecule has 1 N–H and O–H groups in total. The zero-order valence-corrected chi connectivity index (χ0v) is 12.9. The number of rotatable bonds is 2. The van der Waals surface area contributed by atoms with Gasteiger partial charge in [-0.15, -0.1) is 0 Å². The van der Waals surface area contributed by atoms with Crippen LogP contribution in [-0.2, 0) is 6.54 Å². The molecule has 1 aromatic carbocycles. The fraction of sp³-hybridized carbons (Fsp3) is 0.533. The van der Waals surface area contributed by atoms with E-state index in [0.717, 1.165) is 5.56 Å². The maximum Gasteiger partial charge on any atom is 0.174 e. The number of hydrogen-bond donors (Lipinski definition) is 1. The lowest BCUT2D eigenvalue weighted by molar-refractivity contribution is -0.114. The first-order valence-corrected chi connectivity index (χ1v) is 6.97. The summed E-state index contributed by atoms with van der Waals surface area (Å²) in [7, 11) is 2.00. The van der Waals surface area contributed by atoms with Gasteiger partial charge in [0.2, 0.25) is 0 Å². The summed E-state index contributed by atoms with van der Waals surface area (Å²) < 4.78 is 0. The minimum Gasteiger partial charge on any atom is -0.371 e. The summed E-state index contributed by atoms with van der Waals surface area (Å²) in [5.41, 5.74) is 0.106. The van der Waals surface area contributed by atoms with E-state index < -0.39 is 5.72 Å². The van der Waals surface area contributed by atoms with Crippen molar-refractivity contribution in [3.05, 3.63) is 35.9 Å². The minimum absolute atomic E-state index is 0.131. The Labute approximate surface area is 120 Å². The first kappa shape index (κ1) is 14.3. The molecule has 1 fully saturated rings. The van der Waals surface area contributed by atoms with E-state index in [1.807, 2.05) is 37.1 Å². The third-order valence-electron chi connectivity index (χ3n) is 3.96. The van der Waals surface area contributed by atoms with Crippen molar-refractivity contribution in [2.75, 3.05) is 7.05 Å². The molecule has 0 amide bonds. The molecular weight excluding hydrogens is 256 g/mol. The topological polar surface area (TPSA) is 26.7 Å². The third-order valence-corrected chi connectivity index (χ3v) is 4.45. The molecule has 0 saturated carbocycles. The minimum atomic E-state index is -0.914. The van der Waals surface area contributed by atoms with Crippen LogP contribution in [0.1, 0.15) is 32.8 Å². The largest absolute Gasteiger partial charge is 0.371 e. The summed E-state index contributed by atoms with van der Waals surface area (Å²) in [4.78, 5) is 3.98. The summed E-state index contributed by atoms with van der Waals surface area (Å²) in [6, 6.07) is 10.1. The van der Waals surface area contributed by atoms with Crippen molar-refractivity contribution in [2.24, 2.45) is 0 Å². The average molecular weight is 278 g/mol.